The SMILES string of the molecule is COC1=C(F)C(c2c(C)c(F)cc3c2[C@H](C)[C@@](CNC2CCC(C(=O)N4CCCC(N5CCC(c6ccc7c(N8CCC(=O)NC8=O)nn(C)c7c6)CC5)CCC4)CC2)(c2c#cccc2)O3)=C(C(N)=O)CC1. The van der Waals surface area contributed by atoms with E-state index in [2.05, 4.69) is 55.9 Å². The number of aromatic nitrogens is 2. The number of nitrogens with two attached hydrogens (primary N) is 1. The molecule has 2 aliphatic carbocycles. The van der Waals surface area contributed by atoms with Crippen molar-refractivity contribution in [2.75, 3.05) is 51.3 Å². The second-order valence-electron chi connectivity index (χ2n) is 20.8. The molecule has 5 heterocycles. The predicted molar refractivity (Wildman–Crippen MR) is 269 cm³/mol. The van der Waals surface area contributed by atoms with Crippen molar-refractivity contribution in [2.24, 2.45) is 18.7 Å². The van der Waals surface area contributed by atoms with Gasteiger partial charge in [-0.15, -0.1) is 0 Å². The fourth-order valence-electron chi connectivity index (χ4n) is 12.8. The Morgan fingerprint density at radius 1 is 0.972 bits per heavy atom. The molecule has 380 valence electrons. The standard InChI is InChI=1S/C56H66F2N8O6/c1-33-43(57)31-46-49(48(33)50-42(52(59)68)20-21-45(71-4)51(50)58)34(2)56(72-46,38-10-6-5-7-11-38)32-60-39-17-14-36(15-18-39)54(69)65-25-8-12-40(13-9-26-65)64-27-22-35(23-28-64)37-16-19-41-44(30-37)63(3)62-53(41)66-29-24-47(67)61-55(66)70/h5-6,10,16,19,30-31,34-36,39-40,60H,8-9,12-15,17-18,20-29,32H2,1-4H3,(H2,59,68)(H,61,67,70)/t34-,36?,39?,56-/m0/s1. The number of rotatable bonds is 11. The molecule has 6 aliphatic rings. The largest absolute Gasteiger partial charge is 0.498 e. The summed E-state index contributed by atoms with van der Waals surface area (Å²) in [6, 6.07) is 19.9. The Hall–Kier alpha value is -6.31. The first kappa shape index (κ1) is 49.3. The zero-order valence-electron chi connectivity index (χ0n) is 41.9. The highest BCUT2D eigenvalue weighted by molar-refractivity contribution is 6.09. The van der Waals surface area contributed by atoms with E-state index in [0.29, 0.717) is 42.0 Å². The molecule has 10 rings (SSSR count). The quantitative estimate of drug-likeness (QED) is 0.135. The maximum absolute atomic E-state index is 16.4. The van der Waals surface area contributed by atoms with Gasteiger partial charge in [0, 0.05) is 104 Å². The van der Waals surface area contributed by atoms with E-state index >= 15 is 8.78 Å². The monoisotopic (exact) mass is 985 g/mol. The van der Waals surface area contributed by atoms with Crippen molar-refractivity contribution in [3.63, 3.8) is 0 Å². The number of methoxy groups -OCH3 is 1. The normalized spacial score (nSPS) is 24.9. The molecule has 4 fully saturated rings. The Kier molecular flexibility index (Phi) is 13.9. The summed E-state index contributed by atoms with van der Waals surface area (Å²) in [5.74, 6) is -1.18. The number of halogens is 2. The topological polar surface area (TPSA) is 164 Å². The van der Waals surface area contributed by atoms with E-state index < -0.39 is 35.1 Å². The molecule has 4 N–H and O–H groups in total. The van der Waals surface area contributed by atoms with Gasteiger partial charge < -0.3 is 30.3 Å². The molecule has 4 aromatic rings. The maximum Gasteiger partial charge on any atom is 0.329 e. The molecule has 0 radical (unpaired) electrons. The number of hydrogen-bond donors (Lipinski definition) is 3. The van der Waals surface area contributed by atoms with Gasteiger partial charge >= 0.3 is 6.03 Å². The van der Waals surface area contributed by atoms with Gasteiger partial charge in [0.1, 0.15) is 17.3 Å². The molecule has 14 nitrogen and oxygen atoms in total. The van der Waals surface area contributed by atoms with Crippen LogP contribution in [0.3, 0.4) is 0 Å². The van der Waals surface area contributed by atoms with Gasteiger partial charge in [0.2, 0.25) is 17.7 Å². The molecule has 3 aromatic carbocycles. The summed E-state index contributed by atoms with van der Waals surface area (Å²) < 4.78 is 46.4. The zero-order valence-corrected chi connectivity index (χ0v) is 41.9. The average Bonchev–Trinajstić information content (AvgIpc) is 3.85. The summed E-state index contributed by atoms with van der Waals surface area (Å²) in [6.07, 6.45) is 10.0. The lowest BCUT2D eigenvalue weighted by atomic mass is 9.75. The van der Waals surface area contributed by atoms with Crippen LogP contribution in [0.15, 0.2) is 59.6 Å². The molecule has 1 saturated carbocycles. The molecular formula is C56H66F2N8O6. The van der Waals surface area contributed by atoms with Gasteiger partial charge in [-0.1, -0.05) is 31.2 Å². The lowest BCUT2D eigenvalue weighted by Gasteiger charge is -2.40. The first-order valence-electron chi connectivity index (χ1n) is 26.0. The number of anilines is 1. The van der Waals surface area contributed by atoms with Crippen LogP contribution in [-0.4, -0.2) is 102 Å². The third kappa shape index (κ3) is 9.12. The van der Waals surface area contributed by atoms with Gasteiger partial charge in [-0.3, -0.25) is 29.3 Å². The number of carbonyl (C=O) groups is 4. The smallest absolute Gasteiger partial charge is 0.329 e. The number of nitrogens with zero attached hydrogens (tertiary/aromatic N) is 5. The number of carbonyl (C=O) groups excluding carboxylic acids is 4. The minimum atomic E-state index is -1.08. The minimum Gasteiger partial charge on any atom is -0.498 e. The Morgan fingerprint density at radius 3 is 2.40 bits per heavy atom. The lowest BCUT2D eigenvalue weighted by Crippen LogP contribution is -2.49. The fourth-order valence-corrected chi connectivity index (χ4v) is 12.8. The summed E-state index contributed by atoms with van der Waals surface area (Å²) in [5, 5.41) is 11.8. The molecule has 0 bridgehead atoms. The van der Waals surface area contributed by atoms with Crippen molar-refractivity contribution in [3.8, 4) is 5.75 Å². The van der Waals surface area contributed by atoms with E-state index in [0.717, 1.165) is 101 Å². The summed E-state index contributed by atoms with van der Waals surface area (Å²) >= 11 is 0. The number of piperidine rings is 1. The van der Waals surface area contributed by atoms with Crippen molar-refractivity contribution < 1.29 is 37.4 Å². The van der Waals surface area contributed by atoms with Crippen molar-refractivity contribution in [3.05, 3.63) is 105 Å². The van der Waals surface area contributed by atoms with Crippen LogP contribution in [0.1, 0.15) is 130 Å². The van der Waals surface area contributed by atoms with Crippen molar-refractivity contribution in [1.82, 2.24) is 30.2 Å². The molecule has 0 unspecified atom stereocenters. The van der Waals surface area contributed by atoms with Gasteiger partial charge in [0.25, 0.3) is 0 Å². The number of benzene rings is 2. The molecule has 4 aliphatic heterocycles. The van der Waals surface area contributed by atoms with Gasteiger partial charge in [0.05, 0.1) is 12.6 Å². The van der Waals surface area contributed by atoms with Crippen LogP contribution in [0.2, 0.25) is 0 Å². The first-order chi connectivity index (χ1) is 34.8. The highest BCUT2D eigenvalue weighted by Gasteiger charge is 2.51. The van der Waals surface area contributed by atoms with Crippen LogP contribution in [0.25, 0.3) is 16.5 Å². The Morgan fingerprint density at radius 2 is 1.72 bits per heavy atom. The number of ether oxygens (including phenoxy) is 2. The minimum absolute atomic E-state index is 0.0296. The van der Waals surface area contributed by atoms with Gasteiger partial charge in [-0.25, -0.2) is 13.6 Å². The number of likely N-dealkylation sites (tertiary alicyclic amines) is 2. The highest BCUT2D eigenvalue weighted by Crippen LogP contribution is 2.55. The molecule has 5 amide bonds. The van der Waals surface area contributed by atoms with Crippen molar-refractivity contribution in [1.29, 1.82) is 0 Å². The number of hydrogen-bond acceptors (Lipinski definition) is 9. The van der Waals surface area contributed by atoms with E-state index in [1.54, 1.807) is 17.9 Å². The van der Waals surface area contributed by atoms with Crippen LogP contribution >= 0.6 is 0 Å². The summed E-state index contributed by atoms with van der Waals surface area (Å²) in [5.41, 5.74) is 8.84. The number of amides is 5. The van der Waals surface area contributed by atoms with E-state index in [-0.39, 0.29) is 76.8 Å². The lowest BCUT2D eigenvalue weighted by molar-refractivity contribution is -0.137. The molecular weight excluding hydrogens is 919 g/mol. The average molecular weight is 985 g/mol. The summed E-state index contributed by atoms with van der Waals surface area (Å²) in [4.78, 5) is 57.6. The van der Waals surface area contributed by atoms with E-state index in [4.69, 9.17) is 15.2 Å². The summed E-state index contributed by atoms with van der Waals surface area (Å²) in [7, 11) is 3.28. The van der Waals surface area contributed by atoms with Gasteiger partial charge in [-0.05, 0) is 138 Å². The van der Waals surface area contributed by atoms with E-state index in [9.17, 15) is 19.2 Å². The summed E-state index contributed by atoms with van der Waals surface area (Å²) in [6.45, 7) is 7.86. The maximum atomic E-state index is 16.4. The number of imide groups is 1. The molecule has 3 saturated heterocycles. The number of urea groups is 1. The van der Waals surface area contributed by atoms with Crippen LogP contribution in [0, 0.1) is 30.8 Å². The van der Waals surface area contributed by atoms with Crippen LogP contribution in [0.4, 0.5) is 19.4 Å². The van der Waals surface area contributed by atoms with Crippen molar-refractivity contribution >= 4 is 46.0 Å². The Labute approximate surface area is 420 Å². The zero-order chi connectivity index (χ0) is 50.4. The Balaban J connectivity index is 0.735. The fraction of sp³-hybridized carbons (Fsp3) is 0.518. The number of nitrogens with one attached hydrogen (secondary N) is 2. The van der Waals surface area contributed by atoms with Crippen LogP contribution in [-0.2, 0) is 31.8 Å². The van der Waals surface area contributed by atoms with Crippen molar-refractivity contribution in [2.45, 2.75) is 127 Å². The number of aryl methyl sites for hydroxylation is 1. The van der Waals surface area contributed by atoms with Crippen LogP contribution in [0.5, 0.6) is 5.75 Å². The highest BCUT2D eigenvalue weighted by atomic mass is 19.1. The molecule has 1 aromatic heterocycles. The van der Waals surface area contributed by atoms with E-state index in [1.165, 1.54) is 18.7 Å². The third-order valence-corrected chi connectivity index (χ3v) is 16.9. The molecule has 16 heteroatoms. The van der Waals surface area contributed by atoms with E-state index in [1.807, 2.05) is 30.8 Å². The second-order valence-corrected chi connectivity index (χ2v) is 20.8. The molecule has 0 spiro atoms. The van der Waals surface area contributed by atoms with Gasteiger partial charge in [0.15, 0.2) is 17.2 Å². The third-order valence-electron chi connectivity index (χ3n) is 16.9. The predicted octanol–water partition coefficient (Wildman–Crippen LogP) is 8.12. The number of fused-ring (bicyclic) bond motifs is 2. The molecule has 72 heavy (non-hydrogen) atoms. The second kappa shape index (κ2) is 20.3. The Bertz CT molecular complexity index is 2820. The number of allylic oxidation sites excluding steroid dienone is 3. The molecule has 2 atom stereocenters. The van der Waals surface area contributed by atoms with Crippen LogP contribution < -0.4 is 26.0 Å². The first-order valence-corrected chi connectivity index (χ1v) is 26.0. The van der Waals surface area contributed by atoms with Gasteiger partial charge in [-0.2, -0.15) is 5.10 Å². The number of primary amides is 1.